The Kier molecular flexibility index (Phi) is 7.00. The number of amides is 1. The molecule has 1 aromatic carbocycles. The molecule has 0 spiro atoms. The molecule has 1 aliphatic heterocycles. The van der Waals surface area contributed by atoms with Crippen LogP contribution >= 0.6 is 12.4 Å². The van der Waals surface area contributed by atoms with Crippen LogP contribution in [-0.2, 0) is 4.79 Å². The Balaban J connectivity index is 0.00000242. The van der Waals surface area contributed by atoms with Gasteiger partial charge < -0.3 is 10.6 Å². The number of Topliss-reactive ketones (excluding diaryl/α,β-unsaturated/α-hetero) is 1. The van der Waals surface area contributed by atoms with Gasteiger partial charge >= 0.3 is 0 Å². The van der Waals surface area contributed by atoms with Gasteiger partial charge in [-0.1, -0.05) is 12.1 Å². The Hall–Kier alpha value is -1.43. The molecule has 5 nitrogen and oxygen atoms in total. The first kappa shape index (κ1) is 18.6. The molecule has 2 unspecified atom stereocenters. The van der Waals surface area contributed by atoms with Crippen molar-refractivity contribution >= 4 is 29.8 Å². The molecule has 1 fully saturated rings. The van der Waals surface area contributed by atoms with E-state index in [1.807, 2.05) is 0 Å². The smallest absolute Gasteiger partial charge is 0.238 e. The van der Waals surface area contributed by atoms with Crippen LogP contribution in [0.4, 0.5) is 5.69 Å². The average Bonchev–Trinajstić information content (AvgIpc) is 2.37. The summed E-state index contributed by atoms with van der Waals surface area (Å²) in [5.41, 5.74) is 1.28. The third kappa shape index (κ3) is 5.40. The van der Waals surface area contributed by atoms with E-state index in [2.05, 4.69) is 29.4 Å². The predicted molar refractivity (Wildman–Crippen MR) is 90.8 cm³/mol. The van der Waals surface area contributed by atoms with Gasteiger partial charge in [-0.2, -0.15) is 0 Å². The fraction of sp³-hybridized carbons (Fsp3) is 0.500. The second kappa shape index (κ2) is 8.27. The molecule has 6 heteroatoms. The third-order valence-corrected chi connectivity index (χ3v) is 3.55. The second-order valence-electron chi connectivity index (χ2n) is 5.85. The normalized spacial score (nSPS) is 21.8. The van der Waals surface area contributed by atoms with Gasteiger partial charge in [-0.25, -0.2) is 0 Å². The summed E-state index contributed by atoms with van der Waals surface area (Å²) in [5, 5.41) is 6.30. The molecule has 0 aromatic heterocycles. The molecule has 0 aliphatic carbocycles. The Labute approximate surface area is 137 Å². The van der Waals surface area contributed by atoms with Gasteiger partial charge in [-0.05, 0) is 32.9 Å². The van der Waals surface area contributed by atoms with Crippen molar-refractivity contribution in [3.8, 4) is 0 Å². The van der Waals surface area contributed by atoms with Crippen molar-refractivity contribution in [3.63, 3.8) is 0 Å². The van der Waals surface area contributed by atoms with E-state index < -0.39 is 0 Å². The maximum atomic E-state index is 12.1. The summed E-state index contributed by atoms with van der Waals surface area (Å²) in [4.78, 5) is 25.6. The average molecular weight is 326 g/mol. The molecule has 0 saturated carbocycles. The zero-order valence-electron chi connectivity index (χ0n) is 13.3. The van der Waals surface area contributed by atoms with Crippen LogP contribution in [-0.4, -0.2) is 48.3 Å². The molecular weight excluding hydrogens is 302 g/mol. The van der Waals surface area contributed by atoms with Gasteiger partial charge in [-0.3, -0.25) is 14.5 Å². The van der Waals surface area contributed by atoms with Gasteiger partial charge in [0.2, 0.25) is 5.91 Å². The molecule has 122 valence electrons. The van der Waals surface area contributed by atoms with Crippen molar-refractivity contribution in [2.75, 3.05) is 25.0 Å². The van der Waals surface area contributed by atoms with Gasteiger partial charge in [0.15, 0.2) is 5.78 Å². The summed E-state index contributed by atoms with van der Waals surface area (Å²) in [7, 11) is 0. The molecule has 0 radical (unpaired) electrons. The fourth-order valence-electron chi connectivity index (χ4n) is 2.79. The molecule has 2 N–H and O–H groups in total. The summed E-state index contributed by atoms with van der Waals surface area (Å²) in [6.07, 6.45) is 0. The van der Waals surface area contributed by atoms with Crippen LogP contribution in [0.25, 0.3) is 0 Å². The topological polar surface area (TPSA) is 61.4 Å². The van der Waals surface area contributed by atoms with E-state index in [1.165, 1.54) is 6.92 Å². The molecule has 0 bridgehead atoms. The van der Waals surface area contributed by atoms with E-state index in [1.54, 1.807) is 24.3 Å². The highest BCUT2D eigenvalue weighted by Crippen LogP contribution is 2.11. The summed E-state index contributed by atoms with van der Waals surface area (Å²) in [5.74, 6) is -0.0483. The van der Waals surface area contributed by atoms with Gasteiger partial charge in [-0.15, -0.1) is 12.4 Å². The third-order valence-electron chi connectivity index (χ3n) is 3.55. The summed E-state index contributed by atoms with van der Waals surface area (Å²) >= 11 is 0. The van der Waals surface area contributed by atoms with Gasteiger partial charge in [0, 0.05) is 36.4 Å². The molecule has 2 atom stereocenters. The lowest BCUT2D eigenvalue weighted by Crippen LogP contribution is -2.55. The van der Waals surface area contributed by atoms with Crippen LogP contribution in [0.5, 0.6) is 0 Å². The van der Waals surface area contributed by atoms with Gasteiger partial charge in [0.25, 0.3) is 0 Å². The standard InChI is InChI=1S/C16H23N3O2.ClH/c1-11-8-19(9-12(2)17-11)10-16(21)18-15-6-4-5-14(7-15)13(3)20;/h4-7,11-12,17H,8-10H2,1-3H3,(H,18,21);1H. The SMILES string of the molecule is CC(=O)c1cccc(NC(=O)CN2CC(C)NC(C)C2)c1.Cl. The van der Waals surface area contributed by atoms with Crippen LogP contribution in [0.3, 0.4) is 0 Å². The number of anilines is 1. The molecule has 1 aromatic rings. The molecule has 1 amide bonds. The maximum absolute atomic E-state index is 12.1. The molecule has 2 rings (SSSR count). The Morgan fingerprint density at radius 1 is 1.27 bits per heavy atom. The number of halogens is 1. The molecule has 22 heavy (non-hydrogen) atoms. The zero-order valence-corrected chi connectivity index (χ0v) is 14.1. The molecule has 1 aliphatic rings. The number of nitrogens with one attached hydrogen (secondary N) is 2. The lowest BCUT2D eigenvalue weighted by molar-refractivity contribution is -0.117. The quantitative estimate of drug-likeness (QED) is 0.830. The van der Waals surface area contributed by atoms with Crippen molar-refractivity contribution in [2.24, 2.45) is 0 Å². The number of nitrogens with zero attached hydrogens (tertiary/aromatic N) is 1. The minimum absolute atomic E-state index is 0. The van der Waals surface area contributed by atoms with Crippen LogP contribution in [0, 0.1) is 0 Å². The summed E-state index contributed by atoms with van der Waals surface area (Å²) in [6.45, 7) is 7.87. The largest absolute Gasteiger partial charge is 0.325 e. The number of carbonyl (C=O) groups excluding carboxylic acids is 2. The van der Waals surface area contributed by atoms with E-state index in [-0.39, 0.29) is 24.1 Å². The van der Waals surface area contributed by atoms with Gasteiger partial charge in [0.1, 0.15) is 0 Å². The second-order valence-corrected chi connectivity index (χ2v) is 5.85. The molecule has 1 heterocycles. The number of benzene rings is 1. The molecule has 1 saturated heterocycles. The van der Waals surface area contributed by atoms with E-state index in [4.69, 9.17) is 0 Å². The minimum atomic E-state index is -0.0444. The van der Waals surface area contributed by atoms with Gasteiger partial charge in [0.05, 0.1) is 6.54 Å². The van der Waals surface area contributed by atoms with Crippen molar-refractivity contribution in [3.05, 3.63) is 29.8 Å². The lowest BCUT2D eigenvalue weighted by Gasteiger charge is -2.35. The molecular formula is C16H24ClN3O2. The van der Waals surface area contributed by atoms with Crippen molar-refractivity contribution < 1.29 is 9.59 Å². The van der Waals surface area contributed by atoms with Crippen molar-refractivity contribution in [1.29, 1.82) is 0 Å². The highest BCUT2D eigenvalue weighted by molar-refractivity contribution is 5.97. The van der Waals surface area contributed by atoms with Crippen LogP contribution in [0.2, 0.25) is 0 Å². The Bertz CT molecular complexity index is 526. The lowest BCUT2D eigenvalue weighted by atomic mass is 10.1. The number of hydrogen-bond donors (Lipinski definition) is 2. The Morgan fingerprint density at radius 2 is 1.91 bits per heavy atom. The highest BCUT2D eigenvalue weighted by atomic mass is 35.5. The number of hydrogen-bond acceptors (Lipinski definition) is 4. The summed E-state index contributed by atoms with van der Waals surface area (Å²) < 4.78 is 0. The summed E-state index contributed by atoms with van der Waals surface area (Å²) in [6, 6.07) is 7.82. The van der Waals surface area contributed by atoms with E-state index in [9.17, 15) is 9.59 Å². The first-order valence-electron chi connectivity index (χ1n) is 7.33. The fourth-order valence-corrected chi connectivity index (χ4v) is 2.79. The van der Waals surface area contributed by atoms with Crippen LogP contribution in [0.1, 0.15) is 31.1 Å². The maximum Gasteiger partial charge on any atom is 0.238 e. The van der Waals surface area contributed by atoms with E-state index >= 15 is 0 Å². The minimum Gasteiger partial charge on any atom is -0.325 e. The predicted octanol–water partition coefficient (Wildman–Crippen LogP) is 1.93. The van der Waals surface area contributed by atoms with E-state index in [0.29, 0.717) is 29.9 Å². The van der Waals surface area contributed by atoms with Crippen LogP contribution < -0.4 is 10.6 Å². The number of ketones is 1. The number of piperazine rings is 1. The number of rotatable bonds is 4. The monoisotopic (exact) mass is 325 g/mol. The highest BCUT2D eigenvalue weighted by Gasteiger charge is 2.22. The van der Waals surface area contributed by atoms with Crippen LogP contribution in [0.15, 0.2) is 24.3 Å². The first-order valence-corrected chi connectivity index (χ1v) is 7.33. The van der Waals surface area contributed by atoms with E-state index in [0.717, 1.165) is 13.1 Å². The van der Waals surface area contributed by atoms with Crippen molar-refractivity contribution in [1.82, 2.24) is 10.2 Å². The number of carbonyl (C=O) groups is 2. The Morgan fingerprint density at radius 3 is 2.50 bits per heavy atom. The first-order chi connectivity index (χ1) is 9.94. The van der Waals surface area contributed by atoms with Crippen molar-refractivity contribution in [2.45, 2.75) is 32.9 Å². The zero-order chi connectivity index (χ0) is 15.4.